The molecule has 2 rings (SSSR count). The van der Waals surface area contributed by atoms with Gasteiger partial charge in [0.25, 0.3) is 0 Å². The molecule has 1 N–H and O–H groups in total. The minimum atomic E-state index is -0.368. The molecule has 20 heavy (non-hydrogen) atoms. The Morgan fingerprint density at radius 1 is 1.35 bits per heavy atom. The number of esters is 1. The van der Waals surface area contributed by atoms with Crippen LogP contribution in [0.1, 0.15) is 45.4 Å². The van der Waals surface area contributed by atoms with Crippen molar-refractivity contribution in [1.82, 2.24) is 5.32 Å². The van der Waals surface area contributed by atoms with Gasteiger partial charge in [0.05, 0.1) is 12.5 Å². The Morgan fingerprint density at radius 3 is 2.75 bits per heavy atom. The van der Waals surface area contributed by atoms with Gasteiger partial charge in [0.15, 0.2) is 0 Å². The van der Waals surface area contributed by atoms with E-state index in [1.807, 2.05) is 0 Å². The number of hydrogen-bond acceptors (Lipinski definition) is 4. The Morgan fingerprint density at radius 2 is 2.10 bits per heavy atom. The highest BCUT2D eigenvalue weighted by molar-refractivity contribution is 5.77. The van der Waals surface area contributed by atoms with Crippen molar-refractivity contribution in [3.8, 4) is 0 Å². The van der Waals surface area contributed by atoms with Crippen LogP contribution in [0.2, 0.25) is 0 Å². The summed E-state index contributed by atoms with van der Waals surface area (Å²) in [6.45, 7) is 5.44. The van der Waals surface area contributed by atoms with Crippen molar-refractivity contribution in [3.63, 3.8) is 0 Å². The van der Waals surface area contributed by atoms with E-state index in [1.54, 1.807) is 0 Å². The third-order valence-electron chi connectivity index (χ3n) is 5.01. The van der Waals surface area contributed by atoms with Crippen molar-refractivity contribution >= 4 is 5.97 Å². The molecule has 0 unspecified atom stereocenters. The van der Waals surface area contributed by atoms with Gasteiger partial charge in [-0.25, -0.2) is 0 Å². The van der Waals surface area contributed by atoms with E-state index in [9.17, 15) is 4.79 Å². The maximum atomic E-state index is 12.1. The summed E-state index contributed by atoms with van der Waals surface area (Å²) in [4.78, 5) is 12.1. The maximum Gasteiger partial charge on any atom is 0.313 e. The van der Waals surface area contributed by atoms with Crippen molar-refractivity contribution in [2.45, 2.75) is 45.4 Å². The van der Waals surface area contributed by atoms with Gasteiger partial charge in [-0.2, -0.15) is 0 Å². The average molecular weight is 283 g/mol. The topological polar surface area (TPSA) is 47.6 Å². The second-order valence-corrected chi connectivity index (χ2v) is 6.65. The molecule has 2 atom stereocenters. The zero-order valence-electron chi connectivity index (χ0n) is 13.0. The Balaban J connectivity index is 1.81. The second kappa shape index (κ2) is 7.41. The van der Waals surface area contributed by atoms with Crippen LogP contribution in [-0.4, -0.2) is 39.4 Å². The predicted octanol–water partition coefficient (Wildman–Crippen LogP) is 2.37. The third kappa shape index (κ3) is 3.95. The number of methoxy groups -OCH3 is 1. The summed E-state index contributed by atoms with van der Waals surface area (Å²) in [5.74, 6) is 1.55. The van der Waals surface area contributed by atoms with Gasteiger partial charge in [0, 0.05) is 19.8 Å². The fourth-order valence-corrected chi connectivity index (χ4v) is 3.69. The fraction of sp³-hybridized carbons (Fsp3) is 0.938. The first-order valence-corrected chi connectivity index (χ1v) is 8.03. The number of nitrogens with one attached hydrogen (secondary N) is 1. The SMILES string of the molecule is COC(=O)C1(CNC[C@@H]2CCC[C@H](C)C2)CCOCC1. The molecule has 1 aliphatic carbocycles. The Kier molecular flexibility index (Phi) is 5.85. The number of carbonyl (C=O) groups excluding carboxylic acids is 1. The molecule has 0 radical (unpaired) electrons. The van der Waals surface area contributed by atoms with E-state index in [4.69, 9.17) is 9.47 Å². The van der Waals surface area contributed by atoms with Crippen LogP contribution in [0.4, 0.5) is 0 Å². The molecule has 1 heterocycles. The number of ether oxygens (including phenoxy) is 2. The van der Waals surface area contributed by atoms with Crippen molar-refractivity contribution in [3.05, 3.63) is 0 Å². The monoisotopic (exact) mass is 283 g/mol. The first-order chi connectivity index (χ1) is 9.66. The van der Waals surface area contributed by atoms with E-state index in [1.165, 1.54) is 32.8 Å². The van der Waals surface area contributed by atoms with E-state index in [0.29, 0.717) is 13.2 Å². The largest absolute Gasteiger partial charge is 0.469 e. The summed E-state index contributed by atoms with van der Waals surface area (Å²) in [7, 11) is 1.49. The predicted molar refractivity (Wildman–Crippen MR) is 78.5 cm³/mol. The maximum absolute atomic E-state index is 12.1. The second-order valence-electron chi connectivity index (χ2n) is 6.65. The third-order valence-corrected chi connectivity index (χ3v) is 5.01. The van der Waals surface area contributed by atoms with Crippen LogP contribution >= 0.6 is 0 Å². The van der Waals surface area contributed by atoms with Gasteiger partial charge in [-0.15, -0.1) is 0 Å². The molecule has 4 heteroatoms. The number of carbonyl (C=O) groups is 1. The highest BCUT2D eigenvalue weighted by Crippen LogP contribution is 2.32. The zero-order chi connectivity index (χ0) is 14.4. The van der Waals surface area contributed by atoms with Crippen molar-refractivity contribution in [2.75, 3.05) is 33.4 Å². The summed E-state index contributed by atoms with van der Waals surface area (Å²) in [6, 6.07) is 0. The first-order valence-electron chi connectivity index (χ1n) is 8.03. The summed E-state index contributed by atoms with van der Waals surface area (Å²) in [5, 5.41) is 3.55. The Labute approximate surface area is 122 Å². The van der Waals surface area contributed by atoms with Crippen LogP contribution in [0, 0.1) is 17.3 Å². The normalized spacial score (nSPS) is 29.9. The molecule has 1 aliphatic heterocycles. The average Bonchev–Trinajstić information content (AvgIpc) is 2.47. The molecule has 1 saturated carbocycles. The number of hydrogen-bond donors (Lipinski definition) is 1. The molecule has 0 aromatic heterocycles. The fourth-order valence-electron chi connectivity index (χ4n) is 3.69. The highest BCUT2D eigenvalue weighted by atomic mass is 16.5. The summed E-state index contributed by atoms with van der Waals surface area (Å²) < 4.78 is 10.4. The molecule has 4 nitrogen and oxygen atoms in total. The summed E-state index contributed by atoms with van der Waals surface area (Å²) >= 11 is 0. The van der Waals surface area contributed by atoms with Crippen molar-refractivity contribution in [2.24, 2.45) is 17.3 Å². The summed E-state index contributed by atoms with van der Waals surface area (Å²) in [6.07, 6.45) is 6.91. The molecule has 2 fully saturated rings. The van der Waals surface area contributed by atoms with Crippen LogP contribution in [0.25, 0.3) is 0 Å². The molecule has 0 bridgehead atoms. The molecular formula is C16H29NO3. The lowest BCUT2D eigenvalue weighted by Gasteiger charge is -2.35. The van der Waals surface area contributed by atoms with Gasteiger partial charge in [-0.1, -0.05) is 19.8 Å². The van der Waals surface area contributed by atoms with Crippen LogP contribution in [-0.2, 0) is 14.3 Å². The van der Waals surface area contributed by atoms with Crippen LogP contribution in [0.15, 0.2) is 0 Å². The zero-order valence-corrected chi connectivity index (χ0v) is 13.0. The minimum absolute atomic E-state index is 0.0784. The van der Waals surface area contributed by atoms with Gasteiger partial charge in [-0.05, 0) is 44.1 Å². The number of rotatable bonds is 5. The summed E-state index contributed by atoms with van der Waals surface area (Å²) in [5.41, 5.74) is -0.368. The first kappa shape index (κ1) is 15.8. The lowest BCUT2D eigenvalue weighted by atomic mass is 9.79. The van der Waals surface area contributed by atoms with E-state index < -0.39 is 0 Å². The van der Waals surface area contributed by atoms with E-state index >= 15 is 0 Å². The van der Waals surface area contributed by atoms with Gasteiger partial charge in [-0.3, -0.25) is 4.79 Å². The van der Waals surface area contributed by atoms with Crippen molar-refractivity contribution in [1.29, 1.82) is 0 Å². The van der Waals surface area contributed by atoms with E-state index in [-0.39, 0.29) is 11.4 Å². The molecule has 116 valence electrons. The van der Waals surface area contributed by atoms with Crippen LogP contribution < -0.4 is 5.32 Å². The highest BCUT2D eigenvalue weighted by Gasteiger charge is 2.40. The molecule has 0 spiro atoms. The molecule has 2 aliphatic rings. The van der Waals surface area contributed by atoms with Gasteiger partial charge in [0.1, 0.15) is 0 Å². The molecule has 0 aromatic rings. The Bertz CT molecular complexity index is 313. The van der Waals surface area contributed by atoms with Crippen LogP contribution in [0.5, 0.6) is 0 Å². The molecule has 1 saturated heterocycles. The molecule has 0 amide bonds. The van der Waals surface area contributed by atoms with Crippen LogP contribution in [0.3, 0.4) is 0 Å². The van der Waals surface area contributed by atoms with Crippen molar-refractivity contribution < 1.29 is 14.3 Å². The lowest BCUT2D eigenvalue weighted by molar-refractivity contribution is -0.158. The van der Waals surface area contributed by atoms with Gasteiger partial charge in [0.2, 0.25) is 0 Å². The standard InChI is InChI=1S/C16H29NO3/c1-13-4-3-5-14(10-13)11-17-12-16(15(18)19-2)6-8-20-9-7-16/h13-14,17H,3-12H2,1-2H3/t13-,14+/m0/s1. The smallest absolute Gasteiger partial charge is 0.313 e. The van der Waals surface area contributed by atoms with E-state index in [0.717, 1.165) is 37.8 Å². The van der Waals surface area contributed by atoms with E-state index in [2.05, 4.69) is 12.2 Å². The Hall–Kier alpha value is -0.610. The quantitative estimate of drug-likeness (QED) is 0.787. The van der Waals surface area contributed by atoms with Gasteiger partial charge >= 0.3 is 5.97 Å². The van der Waals surface area contributed by atoms with Gasteiger partial charge < -0.3 is 14.8 Å². The molecule has 0 aromatic carbocycles. The minimum Gasteiger partial charge on any atom is -0.469 e. The lowest BCUT2D eigenvalue weighted by Crippen LogP contribution is -2.46. The molecular weight excluding hydrogens is 254 g/mol.